The highest BCUT2D eigenvalue weighted by atomic mass is 32.2. The molecule has 1 aromatic heterocycles. The average molecular weight is 468 g/mol. The number of hydrogen-bond acceptors (Lipinski definition) is 6. The molecule has 2 aromatic carbocycles. The Hall–Kier alpha value is -2.91. The van der Waals surface area contributed by atoms with Gasteiger partial charge in [-0.25, -0.2) is 4.79 Å². The molecule has 2 heterocycles. The van der Waals surface area contributed by atoms with Gasteiger partial charge in [-0.2, -0.15) is 0 Å². The molecule has 0 radical (unpaired) electrons. The Kier molecular flexibility index (Phi) is 7.06. The lowest BCUT2D eigenvalue weighted by Crippen LogP contribution is -2.41. The van der Waals surface area contributed by atoms with Gasteiger partial charge in [-0.05, 0) is 56.4 Å². The number of nitrogens with zero attached hydrogens (tertiary/aromatic N) is 3. The Morgan fingerprint density at radius 3 is 2.69 bits per heavy atom. The molecule has 0 aliphatic carbocycles. The predicted octanol–water partition coefficient (Wildman–Crippen LogP) is 5.23. The van der Waals surface area contributed by atoms with Crippen LogP contribution in [-0.4, -0.2) is 46.4 Å². The first-order valence-electron chi connectivity index (χ1n) is 10.4. The van der Waals surface area contributed by atoms with Crippen LogP contribution < -0.4 is 10.6 Å². The highest BCUT2D eigenvalue weighted by Gasteiger charge is 2.28. The van der Waals surface area contributed by atoms with E-state index in [0.717, 1.165) is 39.7 Å². The largest absolute Gasteiger partial charge is 0.324 e. The Labute approximate surface area is 195 Å². The minimum atomic E-state index is -0.267. The quantitative estimate of drug-likeness (QED) is 0.502. The number of aromatic nitrogens is 2. The number of anilines is 2. The van der Waals surface area contributed by atoms with E-state index in [0.29, 0.717) is 18.1 Å². The van der Waals surface area contributed by atoms with Crippen LogP contribution in [0.15, 0.2) is 53.4 Å². The Morgan fingerprint density at radius 2 is 1.91 bits per heavy atom. The minimum Gasteiger partial charge on any atom is -0.324 e. The number of carbonyl (C=O) groups is 2. The highest BCUT2D eigenvalue weighted by Crippen LogP contribution is 2.30. The molecule has 3 amide bonds. The summed E-state index contributed by atoms with van der Waals surface area (Å²) in [6.07, 6.45) is 3.81. The van der Waals surface area contributed by atoms with Gasteiger partial charge < -0.3 is 15.5 Å². The summed E-state index contributed by atoms with van der Waals surface area (Å²) in [4.78, 5) is 28.3. The third kappa shape index (κ3) is 5.46. The number of likely N-dealkylation sites (tertiary alicyclic amines) is 1. The smallest absolute Gasteiger partial charge is 0.321 e. The maximum atomic E-state index is 12.8. The number of thioether (sulfide) groups is 1. The fourth-order valence-electron chi connectivity index (χ4n) is 3.58. The number of benzene rings is 2. The second-order valence-corrected chi connectivity index (χ2v) is 9.60. The second kappa shape index (κ2) is 10.1. The molecule has 3 aromatic rings. The van der Waals surface area contributed by atoms with E-state index < -0.39 is 0 Å². The number of carbonyl (C=O) groups excluding carboxylic acids is 2. The SMILES string of the molecule is CSc1cccc(NC(=O)N2CCC[C@@H](c3nnc(C(=O)Nc4ccc(C)cc4)s3)C2)c1. The molecular formula is C23H25N5O2S2. The van der Waals surface area contributed by atoms with Crippen molar-refractivity contribution in [3.8, 4) is 0 Å². The van der Waals surface area contributed by atoms with Crippen molar-refractivity contribution in [1.82, 2.24) is 15.1 Å². The van der Waals surface area contributed by atoms with Gasteiger partial charge in [0.25, 0.3) is 5.91 Å². The van der Waals surface area contributed by atoms with Crippen LogP contribution in [0.5, 0.6) is 0 Å². The molecule has 1 atom stereocenters. The summed E-state index contributed by atoms with van der Waals surface area (Å²) in [6.45, 7) is 3.25. The van der Waals surface area contributed by atoms with Crippen LogP contribution in [0.3, 0.4) is 0 Å². The van der Waals surface area contributed by atoms with Crippen molar-refractivity contribution >= 4 is 46.4 Å². The van der Waals surface area contributed by atoms with Crippen LogP contribution in [-0.2, 0) is 0 Å². The topological polar surface area (TPSA) is 87.2 Å². The van der Waals surface area contributed by atoms with Crippen LogP contribution >= 0.6 is 23.1 Å². The van der Waals surface area contributed by atoms with E-state index in [2.05, 4.69) is 20.8 Å². The summed E-state index contributed by atoms with van der Waals surface area (Å²) < 4.78 is 0. The first kappa shape index (κ1) is 22.3. The van der Waals surface area contributed by atoms with E-state index in [1.54, 1.807) is 11.8 Å². The van der Waals surface area contributed by atoms with Crippen LogP contribution in [0.1, 0.15) is 39.1 Å². The first-order chi connectivity index (χ1) is 15.5. The molecule has 1 aliphatic rings. The number of rotatable bonds is 5. The maximum Gasteiger partial charge on any atom is 0.321 e. The lowest BCUT2D eigenvalue weighted by atomic mass is 9.99. The third-order valence-electron chi connectivity index (χ3n) is 5.32. The van der Waals surface area contributed by atoms with E-state index >= 15 is 0 Å². The van der Waals surface area contributed by atoms with Gasteiger partial charge in [-0.1, -0.05) is 35.1 Å². The van der Waals surface area contributed by atoms with E-state index in [9.17, 15) is 9.59 Å². The Morgan fingerprint density at radius 1 is 1.09 bits per heavy atom. The summed E-state index contributed by atoms with van der Waals surface area (Å²) >= 11 is 2.93. The fraction of sp³-hybridized carbons (Fsp3) is 0.304. The van der Waals surface area contributed by atoms with Gasteiger partial charge in [0.1, 0.15) is 5.01 Å². The molecule has 4 rings (SSSR count). The van der Waals surface area contributed by atoms with Crippen LogP contribution in [0, 0.1) is 6.92 Å². The monoisotopic (exact) mass is 467 g/mol. The number of nitrogens with one attached hydrogen (secondary N) is 2. The molecule has 7 nitrogen and oxygen atoms in total. The molecule has 2 N–H and O–H groups in total. The van der Waals surface area contributed by atoms with Crippen molar-refractivity contribution in [2.75, 3.05) is 30.0 Å². The van der Waals surface area contributed by atoms with Crippen molar-refractivity contribution in [3.63, 3.8) is 0 Å². The molecule has 0 unspecified atom stereocenters. The lowest BCUT2D eigenvalue weighted by molar-refractivity contribution is 0.102. The van der Waals surface area contributed by atoms with Gasteiger partial charge in [-0.15, -0.1) is 22.0 Å². The molecule has 1 saturated heterocycles. The van der Waals surface area contributed by atoms with Gasteiger partial charge in [-0.3, -0.25) is 4.79 Å². The van der Waals surface area contributed by atoms with Crippen molar-refractivity contribution in [1.29, 1.82) is 0 Å². The molecule has 32 heavy (non-hydrogen) atoms. The predicted molar refractivity (Wildman–Crippen MR) is 130 cm³/mol. The zero-order chi connectivity index (χ0) is 22.5. The third-order valence-corrected chi connectivity index (χ3v) is 7.13. The first-order valence-corrected chi connectivity index (χ1v) is 12.5. The van der Waals surface area contributed by atoms with Gasteiger partial charge >= 0.3 is 6.03 Å². The van der Waals surface area contributed by atoms with Crippen LogP contribution in [0.2, 0.25) is 0 Å². The number of urea groups is 1. The van der Waals surface area contributed by atoms with Gasteiger partial charge in [0, 0.05) is 35.3 Å². The molecule has 0 bridgehead atoms. The normalized spacial score (nSPS) is 15.9. The fourth-order valence-corrected chi connectivity index (χ4v) is 4.90. The molecule has 166 valence electrons. The molecule has 1 fully saturated rings. The molecule has 1 aliphatic heterocycles. The number of aryl methyl sites for hydroxylation is 1. The van der Waals surface area contributed by atoms with Gasteiger partial charge in [0.05, 0.1) is 0 Å². The summed E-state index contributed by atoms with van der Waals surface area (Å²) in [7, 11) is 0. The maximum absolute atomic E-state index is 12.8. The Bertz CT molecular complexity index is 1100. The van der Waals surface area contributed by atoms with E-state index in [4.69, 9.17) is 0 Å². The highest BCUT2D eigenvalue weighted by molar-refractivity contribution is 7.98. The van der Waals surface area contributed by atoms with Crippen LogP contribution in [0.4, 0.5) is 16.2 Å². The van der Waals surface area contributed by atoms with Crippen molar-refractivity contribution in [2.24, 2.45) is 0 Å². The molecule has 0 spiro atoms. The van der Waals surface area contributed by atoms with Gasteiger partial charge in [0.2, 0.25) is 5.01 Å². The molecule has 9 heteroatoms. The zero-order valence-electron chi connectivity index (χ0n) is 18.0. The standard InChI is InChI=1S/C23H25N5O2S2/c1-15-8-10-17(11-9-15)24-20(29)22-27-26-21(32-22)16-5-4-12-28(14-16)23(30)25-18-6-3-7-19(13-18)31-2/h3,6-11,13,16H,4-5,12,14H2,1-2H3,(H,24,29)(H,25,30)/t16-/m1/s1. The number of piperidine rings is 1. The van der Waals surface area contributed by atoms with Crippen molar-refractivity contribution in [3.05, 3.63) is 64.1 Å². The number of amides is 3. The van der Waals surface area contributed by atoms with Gasteiger partial charge in [0.15, 0.2) is 0 Å². The van der Waals surface area contributed by atoms with Crippen molar-refractivity contribution in [2.45, 2.75) is 30.6 Å². The zero-order valence-corrected chi connectivity index (χ0v) is 19.6. The second-order valence-electron chi connectivity index (χ2n) is 7.71. The Balaban J connectivity index is 1.38. The average Bonchev–Trinajstić information content (AvgIpc) is 3.31. The number of hydrogen-bond donors (Lipinski definition) is 2. The van der Waals surface area contributed by atoms with E-state index in [1.165, 1.54) is 11.3 Å². The summed E-state index contributed by atoms with van der Waals surface area (Å²) in [5.74, 6) is -0.192. The van der Waals surface area contributed by atoms with Crippen LogP contribution in [0.25, 0.3) is 0 Å². The molecular weight excluding hydrogens is 442 g/mol. The molecule has 0 saturated carbocycles. The van der Waals surface area contributed by atoms with E-state index in [1.807, 2.05) is 66.6 Å². The summed E-state index contributed by atoms with van der Waals surface area (Å²) in [5.41, 5.74) is 2.64. The summed E-state index contributed by atoms with van der Waals surface area (Å²) in [5, 5.41) is 15.3. The summed E-state index contributed by atoms with van der Waals surface area (Å²) in [6, 6.07) is 15.3. The van der Waals surface area contributed by atoms with Crippen molar-refractivity contribution < 1.29 is 9.59 Å². The van der Waals surface area contributed by atoms with E-state index in [-0.39, 0.29) is 17.9 Å². The minimum absolute atomic E-state index is 0.0745. The lowest BCUT2D eigenvalue weighted by Gasteiger charge is -2.31.